The van der Waals surface area contributed by atoms with Gasteiger partial charge >= 0.3 is 6.09 Å². The number of piperidine rings is 1. The Morgan fingerprint density at radius 1 is 0.974 bits per heavy atom. The Balaban J connectivity index is 1.24. The summed E-state index contributed by atoms with van der Waals surface area (Å²) in [5, 5.41) is 0. The SMILES string of the molecule is C=CCN(C(=O)OCc1ccccc1)C1CCN(Cc2ccc(Oc3ccc(NS(C)(=O)=O)cc3)cc2)CC1. The molecule has 1 N–H and O–H groups in total. The first-order chi connectivity index (χ1) is 18.8. The zero-order chi connectivity index (χ0) is 27.7. The lowest BCUT2D eigenvalue weighted by atomic mass is 10.0. The predicted octanol–water partition coefficient (Wildman–Crippen LogP) is 5.64. The van der Waals surface area contributed by atoms with Crippen molar-refractivity contribution < 1.29 is 22.7 Å². The molecule has 3 aromatic rings. The number of nitrogens with one attached hydrogen (secondary N) is 1. The fourth-order valence-corrected chi connectivity index (χ4v) is 5.13. The Morgan fingerprint density at radius 3 is 2.18 bits per heavy atom. The van der Waals surface area contributed by atoms with Crippen molar-refractivity contribution in [2.45, 2.75) is 32.0 Å². The Kier molecular flexibility index (Phi) is 9.62. The minimum absolute atomic E-state index is 0.123. The number of anilines is 1. The van der Waals surface area contributed by atoms with Gasteiger partial charge in [-0.1, -0.05) is 48.5 Å². The van der Waals surface area contributed by atoms with E-state index in [-0.39, 0.29) is 18.7 Å². The number of nitrogens with zero attached hydrogens (tertiary/aromatic N) is 2. The highest BCUT2D eigenvalue weighted by Crippen LogP contribution is 2.25. The molecule has 4 rings (SSSR count). The van der Waals surface area contributed by atoms with Crippen molar-refractivity contribution in [3.8, 4) is 11.5 Å². The minimum atomic E-state index is -3.31. The van der Waals surface area contributed by atoms with Crippen LogP contribution in [0.15, 0.2) is 91.5 Å². The summed E-state index contributed by atoms with van der Waals surface area (Å²) in [6.07, 6.45) is 4.32. The fraction of sp³-hybridized carbons (Fsp3) is 0.300. The van der Waals surface area contributed by atoms with Crippen LogP contribution in [0.4, 0.5) is 10.5 Å². The predicted molar refractivity (Wildman–Crippen MR) is 153 cm³/mol. The van der Waals surface area contributed by atoms with Crippen molar-refractivity contribution in [1.29, 1.82) is 0 Å². The molecule has 0 bridgehead atoms. The molecule has 0 saturated carbocycles. The van der Waals surface area contributed by atoms with Gasteiger partial charge in [0.2, 0.25) is 10.0 Å². The van der Waals surface area contributed by atoms with Gasteiger partial charge in [0, 0.05) is 37.9 Å². The summed E-state index contributed by atoms with van der Waals surface area (Å²) in [4.78, 5) is 17.0. The number of carbonyl (C=O) groups is 1. The molecular weight excluding hydrogens is 514 g/mol. The summed E-state index contributed by atoms with van der Waals surface area (Å²) in [7, 11) is -3.31. The molecule has 0 aliphatic carbocycles. The summed E-state index contributed by atoms with van der Waals surface area (Å²) >= 11 is 0. The van der Waals surface area contributed by atoms with E-state index in [4.69, 9.17) is 9.47 Å². The van der Waals surface area contributed by atoms with Crippen LogP contribution in [-0.4, -0.2) is 56.2 Å². The molecule has 8 nitrogen and oxygen atoms in total. The Morgan fingerprint density at radius 2 is 1.59 bits per heavy atom. The third kappa shape index (κ3) is 8.87. The van der Waals surface area contributed by atoms with E-state index < -0.39 is 10.0 Å². The van der Waals surface area contributed by atoms with Crippen LogP contribution in [-0.2, 0) is 27.9 Å². The lowest BCUT2D eigenvalue weighted by Gasteiger charge is -2.37. The number of sulfonamides is 1. The van der Waals surface area contributed by atoms with Crippen LogP contribution < -0.4 is 9.46 Å². The van der Waals surface area contributed by atoms with Gasteiger partial charge in [-0.05, 0) is 60.4 Å². The standard InChI is InChI=1S/C30H35N3O5S/c1-3-19-33(30(34)37-23-25-7-5-4-6-8-25)27-17-20-32(21-18-27)22-24-9-13-28(14-10-24)38-29-15-11-26(12-16-29)31-39(2,35)36/h3-16,27,31H,1,17-23H2,2H3. The molecular formula is C30H35N3O5S. The van der Waals surface area contributed by atoms with Gasteiger partial charge in [-0.25, -0.2) is 13.2 Å². The first kappa shape index (κ1) is 28.2. The number of carbonyl (C=O) groups excluding carboxylic acids is 1. The van der Waals surface area contributed by atoms with Gasteiger partial charge in [-0.3, -0.25) is 9.62 Å². The molecule has 0 aromatic heterocycles. The highest BCUT2D eigenvalue weighted by Gasteiger charge is 2.28. The normalized spacial score (nSPS) is 14.4. The van der Waals surface area contributed by atoms with Crippen molar-refractivity contribution in [3.63, 3.8) is 0 Å². The minimum Gasteiger partial charge on any atom is -0.457 e. The Bertz CT molecular complexity index is 1320. The molecule has 1 aliphatic rings. The average Bonchev–Trinajstić information content (AvgIpc) is 2.93. The first-order valence-electron chi connectivity index (χ1n) is 12.9. The second-order valence-corrected chi connectivity index (χ2v) is 11.4. The first-order valence-corrected chi connectivity index (χ1v) is 14.8. The Hall–Kier alpha value is -3.82. The van der Waals surface area contributed by atoms with Gasteiger partial charge in [0.05, 0.1) is 6.26 Å². The molecule has 39 heavy (non-hydrogen) atoms. The smallest absolute Gasteiger partial charge is 0.410 e. The fourth-order valence-electron chi connectivity index (χ4n) is 4.57. The molecule has 1 fully saturated rings. The molecule has 206 valence electrons. The van der Waals surface area contributed by atoms with Gasteiger partial charge in [0.1, 0.15) is 18.1 Å². The van der Waals surface area contributed by atoms with Crippen LogP contribution in [0.3, 0.4) is 0 Å². The second-order valence-electron chi connectivity index (χ2n) is 9.63. The van der Waals surface area contributed by atoms with E-state index in [2.05, 4.69) is 16.2 Å². The van der Waals surface area contributed by atoms with Crippen LogP contribution in [0.5, 0.6) is 11.5 Å². The number of rotatable bonds is 11. The number of amides is 1. The lowest BCUT2D eigenvalue weighted by molar-refractivity contribution is 0.0648. The van der Waals surface area contributed by atoms with E-state index in [1.54, 1.807) is 35.2 Å². The summed E-state index contributed by atoms with van der Waals surface area (Å²) in [5.41, 5.74) is 2.63. The van der Waals surface area contributed by atoms with Gasteiger partial charge in [0.15, 0.2) is 0 Å². The largest absolute Gasteiger partial charge is 0.457 e. The van der Waals surface area contributed by atoms with Crippen molar-refractivity contribution in [3.05, 3.63) is 103 Å². The van der Waals surface area contributed by atoms with Crippen molar-refractivity contribution in [1.82, 2.24) is 9.80 Å². The second kappa shape index (κ2) is 13.3. The topological polar surface area (TPSA) is 88.2 Å². The quantitative estimate of drug-likeness (QED) is 0.312. The maximum absolute atomic E-state index is 12.8. The van der Waals surface area contributed by atoms with Gasteiger partial charge in [-0.2, -0.15) is 0 Å². The maximum Gasteiger partial charge on any atom is 0.410 e. The van der Waals surface area contributed by atoms with E-state index in [9.17, 15) is 13.2 Å². The van der Waals surface area contributed by atoms with E-state index >= 15 is 0 Å². The number of benzene rings is 3. The summed E-state index contributed by atoms with van der Waals surface area (Å²) in [5.74, 6) is 1.32. The average molecular weight is 550 g/mol. The van der Waals surface area contributed by atoms with E-state index in [1.807, 2.05) is 54.6 Å². The van der Waals surface area contributed by atoms with Gasteiger partial charge in [-0.15, -0.1) is 6.58 Å². The maximum atomic E-state index is 12.8. The number of likely N-dealkylation sites (tertiary alicyclic amines) is 1. The molecule has 0 spiro atoms. The highest BCUT2D eigenvalue weighted by atomic mass is 32.2. The van der Waals surface area contributed by atoms with Gasteiger partial charge in [0.25, 0.3) is 0 Å². The summed E-state index contributed by atoms with van der Waals surface area (Å²) in [6, 6.07) is 24.5. The van der Waals surface area contributed by atoms with E-state index in [1.165, 1.54) is 5.56 Å². The number of ether oxygens (including phenoxy) is 2. The summed E-state index contributed by atoms with van der Waals surface area (Å²) in [6.45, 7) is 7.14. The Labute approximate surface area is 230 Å². The number of hydrogen-bond acceptors (Lipinski definition) is 6. The zero-order valence-corrected chi connectivity index (χ0v) is 23.0. The van der Waals surface area contributed by atoms with Crippen LogP contribution in [0.1, 0.15) is 24.0 Å². The van der Waals surface area contributed by atoms with Crippen LogP contribution in [0, 0.1) is 0 Å². The molecule has 0 atom stereocenters. The molecule has 1 amide bonds. The van der Waals surface area contributed by atoms with Gasteiger partial charge < -0.3 is 14.4 Å². The lowest BCUT2D eigenvalue weighted by Crippen LogP contribution is -2.47. The highest BCUT2D eigenvalue weighted by molar-refractivity contribution is 7.92. The van der Waals surface area contributed by atoms with Crippen molar-refractivity contribution >= 4 is 21.8 Å². The third-order valence-electron chi connectivity index (χ3n) is 6.49. The van der Waals surface area contributed by atoms with Crippen molar-refractivity contribution in [2.24, 2.45) is 0 Å². The van der Waals surface area contributed by atoms with E-state index in [0.29, 0.717) is 23.7 Å². The molecule has 9 heteroatoms. The summed E-state index contributed by atoms with van der Waals surface area (Å²) < 4.78 is 36.6. The van der Waals surface area contributed by atoms with E-state index in [0.717, 1.165) is 44.3 Å². The number of hydrogen-bond donors (Lipinski definition) is 1. The van der Waals surface area contributed by atoms with Crippen LogP contribution in [0.25, 0.3) is 0 Å². The molecule has 0 unspecified atom stereocenters. The zero-order valence-electron chi connectivity index (χ0n) is 22.2. The third-order valence-corrected chi connectivity index (χ3v) is 7.09. The molecule has 3 aromatic carbocycles. The molecule has 1 aliphatic heterocycles. The molecule has 0 radical (unpaired) electrons. The molecule has 1 saturated heterocycles. The van der Waals surface area contributed by atoms with Crippen LogP contribution in [0.2, 0.25) is 0 Å². The van der Waals surface area contributed by atoms with Crippen molar-refractivity contribution in [2.75, 3.05) is 30.6 Å². The molecule has 1 heterocycles. The van der Waals surface area contributed by atoms with Crippen LogP contribution >= 0.6 is 0 Å². The monoisotopic (exact) mass is 549 g/mol.